The third-order valence-corrected chi connectivity index (χ3v) is 5.79. The first-order valence-corrected chi connectivity index (χ1v) is 11.3. The van der Waals surface area contributed by atoms with Crippen molar-refractivity contribution in [2.24, 2.45) is 7.05 Å². The van der Waals surface area contributed by atoms with Gasteiger partial charge in [-0.05, 0) is 43.7 Å². The Balaban J connectivity index is 1.42. The number of hydrogen-bond acceptors (Lipinski definition) is 8. The average Bonchev–Trinajstić information content (AvgIpc) is 3.58. The van der Waals surface area contributed by atoms with Crippen LogP contribution in [-0.2, 0) is 18.2 Å². The van der Waals surface area contributed by atoms with E-state index in [-0.39, 0.29) is 0 Å². The number of anilines is 1. The topological polar surface area (TPSA) is 116 Å². The van der Waals surface area contributed by atoms with Crippen molar-refractivity contribution in [1.29, 1.82) is 0 Å². The van der Waals surface area contributed by atoms with E-state index in [0.29, 0.717) is 18.1 Å². The van der Waals surface area contributed by atoms with Crippen LogP contribution in [0.25, 0.3) is 28.2 Å². The standard InChI is InChI=1S/C25H27N7O3/c1-15-5-6-17(24-28-23(35-30-24)11-16(2)33)12-21(15)27-25(34-4)19-13-26-32-14-18(7-8-22(19)32)20-9-10-31(3)29-20/h5-10,12-14,16,25,27,33H,11H2,1-4H3/t16-,25?/m1/s1. The summed E-state index contributed by atoms with van der Waals surface area (Å²) in [4.78, 5) is 4.40. The lowest BCUT2D eigenvalue weighted by Crippen LogP contribution is -2.13. The Bertz CT molecular complexity index is 1470. The Morgan fingerprint density at radius 2 is 2.00 bits per heavy atom. The van der Waals surface area contributed by atoms with Crippen LogP contribution in [0.2, 0.25) is 0 Å². The second-order valence-corrected chi connectivity index (χ2v) is 8.58. The van der Waals surface area contributed by atoms with Gasteiger partial charge in [0.05, 0.1) is 29.9 Å². The first-order valence-electron chi connectivity index (χ1n) is 11.3. The van der Waals surface area contributed by atoms with E-state index < -0.39 is 12.3 Å². The molecule has 1 aromatic carbocycles. The van der Waals surface area contributed by atoms with Gasteiger partial charge in [0.25, 0.3) is 0 Å². The smallest absolute Gasteiger partial charge is 0.229 e. The Hall–Kier alpha value is -4.02. The number of pyridine rings is 1. The van der Waals surface area contributed by atoms with Crippen molar-refractivity contribution < 1.29 is 14.4 Å². The highest BCUT2D eigenvalue weighted by molar-refractivity contribution is 5.67. The van der Waals surface area contributed by atoms with Crippen molar-refractivity contribution in [3.63, 3.8) is 0 Å². The summed E-state index contributed by atoms with van der Waals surface area (Å²) < 4.78 is 14.7. The summed E-state index contributed by atoms with van der Waals surface area (Å²) in [7, 11) is 3.55. The minimum atomic E-state index is -0.549. The highest BCUT2D eigenvalue weighted by atomic mass is 16.5. The molecule has 4 aromatic heterocycles. The van der Waals surface area contributed by atoms with Crippen molar-refractivity contribution in [2.75, 3.05) is 12.4 Å². The van der Waals surface area contributed by atoms with Gasteiger partial charge in [-0.25, -0.2) is 4.52 Å². The minimum absolute atomic E-state index is 0.312. The average molecular weight is 474 g/mol. The molecule has 5 aromatic rings. The van der Waals surface area contributed by atoms with Crippen molar-refractivity contribution in [2.45, 2.75) is 32.6 Å². The molecule has 1 unspecified atom stereocenters. The van der Waals surface area contributed by atoms with Gasteiger partial charge in [0.15, 0.2) is 6.23 Å². The fourth-order valence-corrected chi connectivity index (χ4v) is 3.96. The molecular weight excluding hydrogens is 446 g/mol. The molecule has 35 heavy (non-hydrogen) atoms. The zero-order chi connectivity index (χ0) is 24.5. The molecule has 180 valence electrons. The number of aliphatic hydroxyl groups excluding tert-OH is 1. The summed E-state index contributed by atoms with van der Waals surface area (Å²) in [6, 6.07) is 11.9. The number of methoxy groups -OCH3 is 1. The van der Waals surface area contributed by atoms with Gasteiger partial charge in [0.2, 0.25) is 11.7 Å². The number of fused-ring (bicyclic) bond motifs is 1. The molecule has 2 atom stereocenters. The molecule has 0 saturated carbocycles. The second kappa shape index (κ2) is 9.32. The van der Waals surface area contributed by atoms with E-state index in [1.807, 2.05) is 67.3 Å². The highest BCUT2D eigenvalue weighted by Gasteiger charge is 2.19. The molecule has 10 heteroatoms. The number of aliphatic hydroxyl groups is 1. The minimum Gasteiger partial charge on any atom is -0.393 e. The molecule has 0 bridgehead atoms. The van der Waals surface area contributed by atoms with E-state index in [0.717, 1.165) is 39.2 Å². The SMILES string of the molecule is COC(Nc1cc(-c2noc(C[C@@H](C)O)n2)ccc1C)c1cnn2cc(-c3ccn(C)n3)ccc12. The highest BCUT2D eigenvalue weighted by Crippen LogP contribution is 2.30. The summed E-state index contributed by atoms with van der Waals surface area (Å²) in [6.45, 7) is 3.70. The monoisotopic (exact) mass is 473 g/mol. The van der Waals surface area contributed by atoms with Crippen molar-refractivity contribution >= 4 is 11.2 Å². The zero-order valence-electron chi connectivity index (χ0n) is 20.0. The van der Waals surface area contributed by atoms with Crippen LogP contribution in [0.3, 0.4) is 0 Å². The molecular formula is C25H27N7O3. The van der Waals surface area contributed by atoms with Crippen LogP contribution in [0.5, 0.6) is 0 Å². The third kappa shape index (κ3) is 4.66. The Morgan fingerprint density at radius 3 is 2.74 bits per heavy atom. The van der Waals surface area contributed by atoms with Gasteiger partial charge >= 0.3 is 0 Å². The largest absolute Gasteiger partial charge is 0.393 e. The molecule has 0 saturated heterocycles. The number of aromatic nitrogens is 6. The number of ether oxygens (including phenoxy) is 1. The summed E-state index contributed by atoms with van der Waals surface area (Å²) in [5.41, 5.74) is 6.42. The number of nitrogens with one attached hydrogen (secondary N) is 1. The predicted octanol–water partition coefficient (Wildman–Crippen LogP) is 3.77. The van der Waals surface area contributed by atoms with Crippen LogP contribution in [0.15, 0.2) is 59.5 Å². The molecule has 0 radical (unpaired) electrons. The quantitative estimate of drug-likeness (QED) is 0.327. The first kappa shape index (κ1) is 22.8. The van der Waals surface area contributed by atoms with Gasteiger partial charge in [0, 0.05) is 48.9 Å². The van der Waals surface area contributed by atoms with Gasteiger partial charge in [-0.15, -0.1) is 0 Å². The molecule has 2 N–H and O–H groups in total. The summed E-state index contributed by atoms with van der Waals surface area (Å²) >= 11 is 0. The van der Waals surface area contributed by atoms with E-state index in [1.165, 1.54) is 0 Å². The van der Waals surface area contributed by atoms with Gasteiger partial charge in [-0.1, -0.05) is 17.3 Å². The summed E-state index contributed by atoms with van der Waals surface area (Å²) in [5.74, 6) is 0.868. The lowest BCUT2D eigenvalue weighted by molar-refractivity contribution is 0.128. The lowest BCUT2D eigenvalue weighted by atomic mass is 10.1. The molecule has 0 fully saturated rings. The second-order valence-electron chi connectivity index (χ2n) is 8.58. The molecule has 0 spiro atoms. The number of aryl methyl sites for hydroxylation is 2. The maximum Gasteiger partial charge on any atom is 0.229 e. The number of nitrogens with zero attached hydrogens (tertiary/aromatic N) is 6. The first-order chi connectivity index (χ1) is 16.9. The van der Waals surface area contributed by atoms with E-state index in [1.54, 1.807) is 24.9 Å². The maximum absolute atomic E-state index is 9.57. The van der Waals surface area contributed by atoms with Gasteiger partial charge in [0.1, 0.15) is 0 Å². The third-order valence-electron chi connectivity index (χ3n) is 5.79. The van der Waals surface area contributed by atoms with E-state index in [9.17, 15) is 5.11 Å². The molecule has 0 aliphatic rings. The van der Waals surface area contributed by atoms with E-state index in [2.05, 4.69) is 25.7 Å². The van der Waals surface area contributed by atoms with Crippen LogP contribution in [0, 0.1) is 6.92 Å². The lowest BCUT2D eigenvalue weighted by Gasteiger charge is -2.19. The molecule has 4 heterocycles. The zero-order valence-corrected chi connectivity index (χ0v) is 20.0. The fourth-order valence-electron chi connectivity index (χ4n) is 3.96. The maximum atomic E-state index is 9.57. The molecule has 0 aliphatic carbocycles. The normalized spacial score (nSPS) is 13.3. The van der Waals surface area contributed by atoms with Crippen LogP contribution < -0.4 is 5.32 Å². The van der Waals surface area contributed by atoms with Crippen molar-refractivity contribution in [3.8, 4) is 22.6 Å². The fraction of sp³-hybridized carbons (Fsp3) is 0.280. The Morgan fingerprint density at radius 1 is 1.17 bits per heavy atom. The van der Waals surface area contributed by atoms with Gasteiger partial charge < -0.3 is 19.7 Å². The summed E-state index contributed by atoms with van der Waals surface area (Å²) in [5, 5.41) is 26.1. The van der Waals surface area contributed by atoms with Crippen LogP contribution >= 0.6 is 0 Å². The van der Waals surface area contributed by atoms with Crippen LogP contribution in [0.1, 0.15) is 30.2 Å². The molecule has 10 nitrogen and oxygen atoms in total. The predicted molar refractivity (Wildman–Crippen MR) is 131 cm³/mol. The van der Waals surface area contributed by atoms with Crippen molar-refractivity contribution in [1.82, 2.24) is 29.5 Å². The Labute approximate surface area is 202 Å². The summed E-state index contributed by atoms with van der Waals surface area (Å²) in [6.07, 6.45) is 5.01. The van der Waals surface area contributed by atoms with Gasteiger partial charge in [-0.2, -0.15) is 15.2 Å². The molecule has 5 rings (SSSR count). The van der Waals surface area contributed by atoms with Crippen LogP contribution in [-0.4, -0.2) is 47.9 Å². The van der Waals surface area contributed by atoms with Gasteiger partial charge in [-0.3, -0.25) is 4.68 Å². The molecule has 0 amide bonds. The van der Waals surface area contributed by atoms with Crippen LogP contribution in [0.4, 0.5) is 5.69 Å². The number of rotatable bonds is 8. The Kier molecular flexibility index (Phi) is 6.06. The van der Waals surface area contributed by atoms with E-state index >= 15 is 0 Å². The molecule has 0 aliphatic heterocycles. The van der Waals surface area contributed by atoms with E-state index in [4.69, 9.17) is 9.26 Å². The number of benzene rings is 1. The number of hydrogen-bond donors (Lipinski definition) is 2. The van der Waals surface area contributed by atoms with Crippen molar-refractivity contribution in [3.05, 3.63) is 72.0 Å².